The van der Waals surface area contributed by atoms with Crippen LogP contribution in [0.4, 0.5) is 9.80 Å². The van der Waals surface area contributed by atoms with E-state index in [1.54, 1.807) is 40.5 Å². The summed E-state index contributed by atoms with van der Waals surface area (Å²) in [6, 6.07) is 10.9. The number of carbonyl (C=O) groups excluding carboxylic acids is 1. The third-order valence-corrected chi connectivity index (χ3v) is 3.99. The van der Waals surface area contributed by atoms with E-state index >= 15 is 0 Å². The van der Waals surface area contributed by atoms with Gasteiger partial charge in [0, 0.05) is 11.1 Å². The van der Waals surface area contributed by atoms with E-state index in [2.05, 4.69) is 0 Å². The van der Waals surface area contributed by atoms with Crippen LogP contribution in [0.1, 0.15) is 12.8 Å². The molecular weight excluding hydrogens is 282 g/mol. The first-order valence-corrected chi connectivity index (χ1v) is 7.30. The van der Waals surface area contributed by atoms with Gasteiger partial charge in [0.2, 0.25) is 0 Å². The van der Waals surface area contributed by atoms with Gasteiger partial charge in [-0.3, -0.25) is 4.90 Å². The summed E-state index contributed by atoms with van der Waals surface area (Å²) in [6.45, 7) is 0. The molecule has 0 spiro atoms. The van der Waals surface area contributed by atoms with Gasteiger partial charge in [-0.2, -0.15) is 0 Å². The van der Waals surface area contributed by atoms with Gasteiger partial charge >= 0.3 is 6.09 Å². The van der Waals surface area contributed by atoms with Crippen LogP contribution >= 0.6 is 22.9 Å². The smallest absolute Gasteiger partial charge is 0.410 e. The summed E-state index contributed by atoms with van der Waals surface area (Å²) < 4.78 is 5.39. The van der Waals surface area contributed by atoms with Crippen LogP contribution in [0.5, 0.6) is 5.75 Å². The molecule has 0 atom stereocenters. The van der Waals surface area contributed by atoms with Crippen molar-refractivity contribution in [3.05, 3.63) is 46.8 Å². The van der Waals surface area contributed by atoms with Crippen molar-refractivity contribution in [2.75, 3.05) is 4.90 Å². The SMILES string of the molecule is O=C(Oc1ccc(Cl)cc1)N(c1cccs1)C1CC1. The van der Waals surface area contributed by atoms with Crippen molar-refractivity contribution in [2.45, 2.75) is 18.9 Å². The number of ether oxygens (including phenoxy) is 1. The van der Waals surface area contributed by atoms with Gasteiger partial charge in [0.15, 0.2) is 0 Å². The molecule has 1 heterocycles. The fraction of sp³-hybridized carbons (Fsp3) is 0.214. The van der Waals surface area contributed by atoms with E-state index in [1.165, 1.54) is 0 Å². The summed E-state index contributed by atoms with van der Waals surface area (Å²) in [5.74, 6) is 0.511. The molecule has 0 aliphatic heterocycles. The van der Waals surface area contributed by atoms with E-state index in [0.29, 0.717) is 10.8 Å². The van der Waals surface area contributed by atoms with Gasteiger partial charge in [-0.15, -0.1) is 11.3 Å². The topological polar surface area (TPSA) is 29.5 Å². The molecule has 1 aliphatic rings. The van der Waals surface area contributed by atoms with Crippen LogP contribution in [-0.4, -0.2) is 12.1 Å². The Balaban J connectivity index is 1.76. The molecule has 98 valence electrons. The molecule has 1 aromatic heterocycles. The molecule has 19 heavy (non-hydrogen) atoms. The highest BCUT2D eigenvalue weighted by molar-refractivity contribution is 7.14. The van der Waals surface area contributed by atoms with Crippen molar-refractivity contribution >= 4 is 34.0 Å². The normalized spacial score (nSPS) is 14.2. The quantitative estimate of drug-likeness (QED) is 0.829. The monoisotopic (exact) mass is 293 g/mol. The third kappa shape index (κ3) is 2.91. The zero-order valence-electron chi connectivity index (χ0n) is 10.1. The van der Waals surface area contributed by atoms with Crippen molar-refractivity contribution in [3.63, 3.8) is 0 Å². The van der Waals surface area contributed by atoms with Gasteiger partial charge in [-0.1, -0.05) is 11.6 Å². The lowest BCUT2D eigenvalue weighted by atomic mass is 10.3. The summed E-state index contributed by atoms with van der Waals surface area (Å²) in [6.07, 6.45) is 1.74. The van der Waals surface area contributed by atoms with Crippen LogP contribution < -0.4 is 9.64 Å². The first-order chi connectivity index (χ1) is 9.24. The number of halogens is 1. The van der Waals surface area contributed by atoms with E-state index in [9.17, 15) is 4.79 Å². The van der Waals surface area contributed by atoms with Crippen LogP contribution in [0.2, 0.25) is 5.02 Å². The van der Waals surface area contributed by atoms with Gasteiger partial charge in [0.1, 0.15) is 10.8 Å². The van der Waals surface area contributed by atoms with Gasteiger partial charge < -0.3 is 4.74 Å². The lowest BCUT2D eigenvalue weighted by Gasteiger charge is -2.19. The zero-order valence-corrected chi connectivity index (χ0v) is 11.7. The maximum atomic E-state index is 12.3. The standard InChI is InChI=1S/C14H12ClNO2S/c15-10-3-7-12(8-4-10)18-14(17)16(11-5-6-11)13-2-1-9-19-13/h1-4,7-9,11H,5-6H2. The summed E-state index contributed by atoms with van der Waals surface area (Å²) in [7, 11) is 0. The molecule has 0 unspecified atom stereocenters. The second-order valence-electron chi connectivity index (χ2n) is 4.37. The first kappa shape index (κ1) is 12.5. The third-order valence-electron chi connectivity index (χ3n) is 2.87. The minimum Gasteiger partial charge on any atom is -0.410 e. The zero-order chi connectivity index (χ0) is 13.2. The number of rotatable bonds is 3. The van der Waals surface area contributed by atoms with Gasteiger partial charge in [-0.25, -0.2) is 4.79 Å². The fourth-order valence-electron chi connectivity index (χ4n) is 1.81. The number of carbonyl (C=O) groups is 1. The van der Waals surface area contributed by atoms with Gasteiger partial charge in [0.25, 0.3) is 0 Å². The first-order valence-electron chi connectivity index (χ1n) is 6.04. The highest BCUT2D eigenvalue weighted by atomic mass is 35.5. The molecule has 3 nitrogen and oxygen atoms in total. The minimum atomic E-state index is -0.327. The molecule has 0 bridgehead atoms. The van der Waals surface area contributed by atoms with Crippen molar-refractivity contribution < 1.29 is 9.53 Å². The number of thiophene rings is 1. The van der Waals surface area contributed by atoms with Crippen LogP contribution in [-0.2, 0) is 0 Å². The van der Waals surface area contributed by atoms with Crippen molar-refractivity contribution in [1.29, 1.82) is 0 Å². The number of hydrogen-bond donors (Lipinski definition) is 0. The molecule has 2 aromatic rings. The Morgan fingerprint density at radius 3 is 2.58 bits per heavy atom. The molecular formula is C14H12ClNO2S. The summed E-state index contributed by atoms with van der Waals surface area (Å²) in [5, 5.41) is 3.51. The molecule has 0 N–H and O–H groups in total. The van der Waals surface area contributed by atoms with E-state index in [1.807, 2.05) is 17.5 Å². The van der Waals surface area contributed by atoms with Crippen LogP contribution in [0.25, 0.3) is 0 Å². The fourth-order valence-corrected chi connectivity index (χ4v) is 2.73. The number of hydrogen-bond acceptors (Lipinski definition) is 3. The Hall–Kier alpha value is -1.52. The average molecular weight is 294 g/mol. The molecule has 5 heteroatoms. The number of anilines is 1. The Morgan fingerprint density at radius 2 is 2.00 bits per heavy atom. The average Bonchev–Trinajstić information content (AvgIpc) is 3.07. The van der Waals surface area contributed by atoms with E-state index in [-0.39, 0.29) is 12.1 Å². The molecule has 1 amide bonds. The lowest BCUT2D eigenvalue weighted by molar-refractivity contribution is 0.207. The Kier molecular flexibility index (Phi) is 3.44. The molecule has 0 saturated heterocycles. The maximum absolute atomic E-state index is 12.3. The van der Waals surface area contributed by atoms with Gasteiger partial charge in [-0.05, 0) is 54.6 Å². The molecule has 3 rings (SSSR count). The van der Waals surface area contributed by atoms with E-state index < -0.39 is 0 Å². The van der Waals surface area contributed by atoms with E-state index in [4.69, 9.17) is 16.3 Å². The summed E-state index contributed by atoms with van der Waals surface area (Å²) in [4.78, 5) is 14.0. The Labute approximate surface area is 120 Å². The van der Waals surface area contributed by atoms with E-state index in [0.717, 1.165) is 17.8 Å². The van der Waals surface area contributed by atoms with Crippen molar-refractivity contribution in [2.24, 2.45) is 0 Å². The second-order valence-corrected chi connectivity index (χ2v) is 5.74. The summed E-state index contributed by atoms with van der Waals surface area (Å²) >= 11 is 7.35. The van der Waals surface area contributed by atoms with Crippen LogP contribution in [0, 0.1) is 0 Å². The number of nitrogens with zero attached hydrogens (tertiary/aromatic N) is 1. The second kappa shape index (κ2) is 5.23. The van der Waals surface area contributed by atoms with Crippen molar-refractivity contribution in [1.82, 2.24) is 0 Å². The largest absolute Gasteiger partial charge is 0.420 e. The minimum absolute atomic E-state index is 0.276. The van der Waals surface area contributed by atoms with Gasteiger partial charge in [0.05, 0.1) is 0 Å². The molecule has 1 fully saturated rings. The predicted molar refractivity (Wildman–Crippen MR) is 77.3 cm³/mol. The highest BCUT2D eigenvalue weighted by Gasteiger charge is 2.35. The molecule has 1 aliphatic carbocycles. The molecule has 0 radical (unpaired) electrons. The molecule has 1 saturated carbocycles. The van der Waals surface area contributed by atoms with Crippen LogP contribution in [0.15, 0.2) is 41.8 Å². The number of benzene rings is 1. The number of amides is 1. The lowest BCUT2D eigenvalue weighted by Crippen LogP contribution is -2.34. The van der Waals surface area contributed by atoms with Crippen LogP contribution in [0.3, 0.4) is 0 Å². The summed E-state index contributed by atoms with van der Waals surface area (Å²) in [5.41, 5.74) is 0. The highest BCUT2D eigenvalue weighted by Crippen LogP contribution is 2.35. The predicted octanol–water partition coefficient (Wildman–Crippen LogP) is 4.57. The Morgan fingerprint density at radius 1 is 1.26 bits per heavy atom. The van der Waals surface area contributed by atoms with Crippen molar-refractivity contribution in [3.8, 4) is 5.75 Å². The molecule has 1 aromatic carbocycles. The Bertz CT molecular complexity index is 564. The maximum Gasteiger partial charge on any atom is 0.420 e.